The molecule has 0 aliphatic heterocycles. The molecule has 1 aliphatic carbocycles. The first-order valence-corrected chi connectivity index (χ1v) is 9.33. The van der Waals surface area contributed by atoms with Crippen molar-refractivity contribution in [3.63, 3.8) is 0 Å². The molecule has 0 N–H and O–H groups in total. The van der Waals surface area contributed by atoms with E-state index in [4.69, 9.17) is 0 Å². The zero-order valence-electron chi connectivity index (χ0n) is 12.8. The number of rotatable bonds is 6. The first kappa shape index (κ1) is 20.8. The second kappa shape index (κ2) is 16.2. The number of halogens is 1. The first-order valence-electron chi connectivity index (χ1n) is 7.18. The maximum atomic E-state index is 4.64. The van der Waals surface area contributed by atoms with Crippen molar-refractivity contribution in [2.45, 2.75) is 26.7 Å². The third-order valence-corrected chi connectivity index (χ3v) is 2.45. The maximum absolute atomic E-state index is 4.64. The van der Waals surface area contributed by atoms with E-state index >= 15 is 0 Å². The number of hydrogen-bond acceptors (Lipinski definition) is 0. The molecule has 21 heavy (non-hydrogen) atoms. The predicted octanol–water partition coefficient (Wildman–Crippen LogP) is 6.23. The van der Waals surface area contributed by atoms with Crippen LogP contribution in [-0.4, -0.2) is 13.1 Å². The summed E-state index contributed by atoms with van der Waals surface area (Å²) in [5, 5.41) is 8.97. The van der Waals surface area contributed by atoms with Crippen molar-refractivity contribution in [2.24, 2.45) is 0 Å². The molecule has 0 aromatic heterocycles. The minimum absolute atomic E-state index is 0.888. The van der Waals surface area contributed by atoms with Crippen molar-refractivity contribution >= 4 is 20.7 Å². The van der Waals surface area contributed by atoms with Crippen LogP contribution in [0.5, 0.6) is 0 Å². The summed E-state index contributed by atoms with van der Waals surface area (Å²) < 4.78 is 0. The van der Waals surface area contributed by atoms with E-state index in [1.165, 1.54) is 19.4 Å². The van der Waals surface area contributed by atoms with Gasteiger partial charge in [0.25, 0.3) is 0 Å². The average molecular weight is 339 g/mol. The van der Waals surface area contributed by atoms with Crippen molar-refractivity contribution in [3.8, 4) is 0 Å². The van der Waals surface area contributed by atoms with Crippen LogP contribution in [0, 0.1) is 32.1 Å². The molecule has 111 valence electrons. The van der Waals surface area contributed by atoms with Crippen molar-refractivity contribution in [1.82, 2.24) is 0 Å². The second-order valence-electron chi connectivity index (χ2n) is 4.21. The summed E-state index contributed by atoms with van der Waals surface area (Å²) in [5.41, 5.74) is 2.06. The number of hydrogen-bond donors (Lipinski definition) is 0. The molecule has 1 aromatic rings. The Morgan fingerprint density at radius 1 is 0.762 bits per heavy atom. The summed E-state index contributed by atoms with van der Waals surface area (Å²) in [4.78, 5) is 0. The van der Waals surface area contributed by atoms with Crippen LogP contribution >= 0.6 is 9.30 Å². The summed E-state index contributed by atoms with van der Waals surface area (Å²) in [5.74, 6) is 0. The van der Waals surface area contributed by atoms with E-state index in [1.54, 1.807) is 0 Å². The second-order valence-corrected chi connectivity index (χ2v) is 4.21. The number of nitrogens with zero attached hydrogens (tertiary/aromatic N) is 2. The number of benzene rings is 1. The van der Waals surface area contributed by atoms with Gasteiger partial charge in [0, 0.05) is 0 Å². The van der Waals surface area contributed by atoms with Gasteiger partial charge in [-0.2, -0.15) is 11.4 Å². The molecule has 0 spiro atoms. The predicted molar refractivity (Wildman–Crippen MR) is 90.1 cm³/mol. The van der Waals surface area contributed by atoms with Crippen LogP contribution in [0.1, 0.15) is 26.7 Å². The summed E-state index contributed by atoms with van der Waals surface area (Å²) in [7, 11) is 4.64. The molecule has 0 unspecified atom stereocenters. The molecule has 2 rings (SSSR count). The standard InChI is InChI=1S/C12H18N2.C5H5.ClH.Ti/c1-3-9-13-11-7-5-6-8-12(11)14-10-4-2;1-2-4-5-3-1;;/h5-8H,3-4,9-10H2,1-2H3;1-5H;1H;/q-2;;;+4/p-1. The molecule has 1 aliphatic rings. The first-order chi connectivity index (χ1) is 10.4. The van der Waals surface area contributed by atoms with E-state index in [-0.39, 0.29) is 0 Å². The molecule has 2 nitrogen and oxygen atoms in total. The van der Waals surface area contributed by atoms with Gasteiger partial charge in [0.1, 0.15) is 0 Å². The molecule has 0 atom stereocenters. The van der Waals surface area contributed by atoms with E-state index in [0.29, 0.717) is 0 Å². The van der Waals surface area contributed by atoms with E-state index in [0.717, 1.165) is 37.3 Å². The van der Waals surface area contributed by atoms with Gasteiger partial charge in [-0.3, -0.25) is 0 Å². The third-order valence-electron chi connectivity index (χ3n) is 2.45. The summed E-state index contributed by atoms with van der Waals surface area (Å²) in [6.45, 7) is 6.04. The van der Waals surface area contributed by atoms with E-state index < -0.39 is 0 Å². The Kier molecular flexibility index (Phi) is 16.1. The van der Waals surface area contributed by atoms with Gasteiger partial charge in [-0.15, -0.1) is 13.1 Å². The van der Waals surface area contributed by atoms with Crippen LogP contribution in [-0.2, 0) is 19.4 Å². The molecular formula is C17H23ClN2Ti+. The summed E-state index contributed by atoms with van der Waals surface area (Å²) in [6, 6.07) is 8.09. The quantitative estimate of drug-likeness (QED) is 0.550. The molecule has 5 radical (unpaired) electrons. The van der Waals surface area contributed by atoms with E-state index in [2.05, 4.69) is 33.8 Å². The Balaban J connectivity index is 0.000000473. The molecule has 0 saturated heterocycles. The zero-order chi connectivity index (χ0) is 15.8. The SMILES string of the molecule is CCC[N-]c1ccccc1[N-]CCC.[CH]1[CH][CH][CH][CH]1.[Cl][Ti+3]. The molecule has 1 aromatic carbocycles. The van der Waals surface area contributed by atoms with Gasteiger partial charge in [-0.25, -0.2) is 0 Å². The van der Waals surface area contributed by atoms with Crippen molar-refractivity contribution in [3.05, 3.63) is 67.0 Å². The van der Waals surface area contributed by atoms with Crippen molar-refractivity contribution in [2.75, 3.05) is 13.1 Å². The Morgan fingerprint density at radius 3 is 1.38 bits per heavy atom. The molecule has 0 bridgehead atoms. The Morgan fingerprint density at radius 2 is 1.10 bits per heavy atom. The van der Waals surface area contributed by atoms with Crippen LogP contribution in [0.15, 0.2) is 24.3 Å². The molecular weight excluding hydrogens is 316 g/mol. The van der Waals surface area contributed by atoms with Crippen LogP contribution in [0.2, 0.25) is 0 Å². The molecule has 0 amide bonds. The summed E-state index contributed by atoms with van der Waals surface area (Å²) >= 11 is 1.47. The Bertz CT molecular complexity index is 296. The van der Waals surface area contributed by atoms with Gasteiger partial charge in [0.05, 0.1) is 0 Å². The van der Waals surface area contributed by atoms with Crippen LogP contribution < -0.4 is 0 Å². The number of para-hydroxylation sites is 2. The normalized spacial score (nSPS) is 12.6. The fourth-order valence-corrected chi connectivity index (χ4v) is 1.52. The monoisotopic (exact) mass is 338 g/mol. The molecule has 1 saturated carbocycles. The Hall–Kier alpha value is -0.176. The van der Waals surface area contributed by atoms with E-state index in [9.17, 15) is 0 Å². The van der Waals surface area contributed by atoms with Gasteiger partial charge >= 0.3 is 28.7 Å². The van der Waals surface area contributed by atoms with Gasteiger partial charge < -0.3 is 10.6 Å². The van der Waals surface area contributed by atoms with E-state index in [1.807, 2.05) is 56.4 Å². The molecule has 0 heterocycles. The van der Waals surface area contributed by atoms with Crippen molar-refractivity contribution < 1.29 is 19.4 Å². The molecule has 4 heteroatoms. The van der Waals surface area contributed by atoms with Gasteiger partial charge in [-0.1, -0.05) is 51.0 Å². The van der Waals surface area contributed by atoms with Gasteiger partial charge in [0.15, 0.2) is 0 Å². The van der Waals surface area contributed by atoms with Crippen LogP contribution in [0.25, 0.3) is 10.6 Å². The van der Waals surface area contributed by atoms with Gasteiger partial charge in [-0.05, 0) is 32.1 Å². The average Bonchev–Trinajstić information content (AvgIpc) is 3.13. The zero-order valence-corrected chi connectivity index (χ0v) is 15.1. The van der Waals surface area contributed by atoms with Crippen molar-refractivity contribution in [1.29, 1.82) is 0 Å². The fraction of sp³-hybridized carbons (Fsp3) is 0.353. The van der Waals surface area contributed by atoms with Crippen LogP contribution in [0.4, 0.5) is 11.4 Å². The van der Waals surface area contributed by atoms with Gasteiger partial charge in [0.2, 0.25) is 0 Å². The minimum atomic E-state index is 0.888. The molecule has 1 fully saturated rings. The fourth-order valence-electron chi connectivity index (χ4n) is 1.52. The summed E-state index contributed by atoms with van der Waals surface area (Å²) in [6.07, 6.45) is 12.2. The van der Waals surface area contributed by atoms with Crippen LogP contribution in [0.3, 0.4) is 0 Å². The third kappa shape index (κ3) is 11.1. The Labute approximate surface area is 146 Å². The topological polar surface area (TPSA) is 28.2 Å².